The van der Waals surface area contributed by atoms with Crippen molar-refractivity contribution in [2.24, 2.45) is 5.92 Å². The lowest BCUT2D eigenvalue weighted by Gasteiger charge is -2.21. The van der Waals surface area contributed by atoms with Crippen molar-refractivity contribution in [3.63, 3.8) is 0 Å². The standard InChI is InChI=1S/C21H22F2N2O2S/c22-16-7-13(8-17(23)11-16)12-24-20(26)14-3-4-18-15(9-14)10-19(28-18)21(27)25-5-1-2-6-25/h7-8,10-11,14H,1-6,9,12H2,(H,24,26)/t14-/m0/s1. The summed E-state index contributed by atoms with van der Waals surface area (Å²) >= 11 is 1.55. The van der Waals surface area contributed by atoms with Crippen LogP contribution in [0.4, 0.5) is 8.78 Å². The number of likely N-dealkylation sites (tertiary alicyclic amines) is 1. The molecule has 1 aliphatic carbocycles. The van der Waals surface area contributed by atoms with E-state index in [1.807, 2.05) is 11.0 Å². The average molecular weight is 404 g/mol. The van der Waals surface area contributed by atoms with Gasteiger partial charge in [-0.05, 0) is 61.4 Å². The third kappa shape index (κ3) is 4.09. The number of rotatable bonds is 4. The summed E-state index contributed by atoms with van der Waals surface area (Å²) in [5.74, 6) is -1.50. The molecule has 1 N–H and O–H groups in total. The van der Waals surface area contributed by atoms with Gasteiger partial charge in [-0.2, -0.15) is 0 Å². The molecule has 2 heterocycles. The minimum atomic E-state index is -0.653. The Bertz CT molecular complexity index is 886. The zero-order valence-electron chi connectivity index (χ0n) is 15.5. The normalized spacial score (nSPS) is 18.8. The van der Waals surface area contributed by atoms with Crippen LogP contribution in [0.1, 0.15) is 44.9 Å². The minimum Gasteiger partial charge on any atom is -0.352 e. The van der Waals surface area contributed by atoms with E-state index in [0.717, 1.165) is 48.9 Å². The van der Waals surface area contributed by atoms with Crippen molar-refractivity contribution in [1.29, 1.82) is 0 Å². The van der Waals surface area contributed by atoms with Crippen molar-refractivity contribution in [3.8, 4) is 0 Å². The van der Waals surface area contributed by atoms with E-state index in [-0.39, 0.29) is 24.3 Å². The molecule has 1 fully saturated rings. The highest BCUT2D eigenvalue weighted by atomic mass is 32.1. The molecule has 0 spiro atoms. The maximum Gasteiger partial charge on any atom is 0.263 e. The highest BCUT2D eigenvalue weighted by Gasteiger charge is 2.29. The van der Waals surface area contributed by atoms with Crippen molar-refractivity contribution in [2.45, 2.75) is 38.6 Å². The number of carbonyl (C=O) groups is 2. The fourth-order valence-electron chi connectivity index (χ4n) is 3.98. The summed E-state index contributed by atoms with van der Waals surface area (Å²) in [5, 5.41) is 2.78. The van der Waals surface area contributed by atoms with Gasteiger partial charge in [0.1, 0.15) is 11.6 Å². The molecule has 1 aliphatic heterocycles. The molecule has 148 valence electrons. The van der Waals surface area contributed by atoms with Crippen molar-refractivity contribution >= 4 is 23.2 Å². The first-order valence-corrected chi connectivity index (χ1v) is 10.4. The van der Waals surface area contributed by atoms with Gasteiger partial charge in [-0.1, -0.05) is 0 Å². The number of halogens is 2. The van der Waals surface area contributed by atoms with Gasteiger partial charge >= 0.3 is 0 Å². The van der Waals surface area contributed by atoms with Crippen LogP contribution in [0.25, 0.3) is 0 Å². The number of amides is 2. The molecule has 2 amide bonds. The molecular formula is C21H22F2N2O2S. The van der Waals surface area contributed by atoms with Crippen LogP contribution in [0.2, 0.25) is 0 Å². The van der Waals surface area contributed by atoms with E-state index in [1.165, 1.54) is 17.0 Å². The Hall–Kier alpha value is -2.28. The van der Waals surface area contributed by atoms with E-state index in [9.17, 15) is 18.4 Å². The molecule has 7 heteroatoms. The smallest absolute Gasteiger partial charge is 0.263 e. The van der Waals surface area contributed by atoms with Gasteiger partial charge in [-0.15, -0.1) is 11.3 Å². The third-order valence-corrected chi connectivity index (χ3v) is 6.67. The summed E-state index contributed by atoms with van der Waals surface area (Å²) < 4.78 is 26.5. The lowest BCUT2D eigenvalue weighted by Crippen LogP contribution is -2.33. The zero-order valence-corrected chi connectivity index (χ0v) is 16.3. The highest BCUT2D eigenvalue weighted by molar-refractivity contribution is 7.14. The molecule has 0 unspecified atom stereocenters. The summed E-state index contributed by atoms with van der Waals surface area (Å²) in [7, 11) is 0. The first kappa shape index (κ1) is 19.1. The Morgan fingerprint density at radius 3 is 2.54 bits per heavy atom. The molecule has 0 bridgehead atoms. The number of carbonyl (C=O) groups excluding carboxylic acids is 2. The second kappa shape index (κ2) is 7.99. The van der Waals surface area contributed by atoms with E-state index in [2.05, 4.69) is 5.32 Å². The van der Waals surface area contributed by atoms with E-state index in [0.29, 0.717) is 18.4 Å². The van der Waals surface area contributed by atoms with E-state index < -0.39 is 11.6 Å². The molecule has 1 aromatic carbocycles. The molecule has 4 rings (SSSR count). The van der Waals surface area contributed by atoms with Crippen molar-refractivity contribution in [3.05, 3.63) is 56.8 Å². The fourth-order valence-corrected chi connectivity index (χ4v) is 5.15. The van der Waals surface area contributed by atoms with E-state index in [1.54, 1.807) is 11.3 Å². The second-order valence-corrected chi connectivity index (χ2v) is 8.63. The topological polar surface area (TPSA) is 49.4 Å². The monoisotopic (exact) mass is 404 g/mol. The van der Waals surface area contributed by atoms with Crippen molar-refractivity contribution in [2.75, 3.05) is 13.1 Å². The third-order valence-electron chi connectivity index (χ3n) is 5.45. The van der Waals surface area contributed by atoms with Gasteiger partial charge in [0, 0.05) is 36.5 Å². The van der Waals surface area contributed by atoms with Gasteiger partial charge in [-0.25, -0.2) is 8.78 Å². The number of fused-ring (bicyclic) bond motifs is 1. The van der Waals surface area contributed by atoms with Crippen LogP contribution >= 0.6 is 11.3 Å². The highest BCUT2D eigenvalue weighted by Crippen LogP contribution is 2.33. The quantitative estimate of drug-likeness (QED) is 0.845. The predicted octanol–water partition coefficient (Wildman–Crippen LogP) is 3.68. The first-order valence-electron chi connectivity index (χ1n) is 9.63. The van der Waals surface area contributed by atoms with Crippen molar-refractivity contribution < 1.29 is 18.4 Å². The molecule has 0 radical (unpaired) electrons. The van der Waals surface area contributed by atoms with Crippen LogP contribution in [0.5, 0.6) is 0 Å². The fraction of sp³-hybridized carbons (Fsp3) is 0.429. The van der Waals surface area contributed by atoms with Crippen LogP contribution in [0.3, 0.4) is 0 Å². The molecule has 1 aromatic heterocycles. The van der Waals surface area contributed by atoms with E-state index >= 15 is 0 Å². The van der Waals surface area contributed by atoms with Gasteiger partial charge in [-0.3, -0.25) is 9.59 Å². The summed E-state index contributed by atoms with van der Waals surface area (Å²) in [6, 6.07) is 5.20. The molecule has 28 heavy (non-hydrogen) atoms. The van der Waals surface area contributed by atoms with Gasteiger partial charge in [0.15, 0.2) is 0 Å². The molecule has 1 atom stereocenters. The summed E-state index contributed by atoms with van der Waals surface area (Å²) in [5.41, 5.74) is 1.48. The van der Waals surface area contributed by atoms with Crippen LogP contribution < -0.4 is 5.32 Å². The maximum absolute atomic E-state index is 13.3. The van der Waals surface area contributed by atoms with Gasteiger partial charge < -0.3 is 10.2 Å². The maximum atomic E-state index is 13.3. The number of aryl methyl sites for hydroxylation is 1. The first-order chi connectivity index (χ1) is 13.5. The number of hydrogen-bond donors (Lipinski definition) is 1. The molecule has 0 saturated carbocycles. The number of hydrogen-bond acceptors (Lipinski definition) is 3. The lowest BCUT2D eigenvalue weighted by atomic mass is 9.87. The number of nitrogens with zero attached hydrogens (tertiary/aromatic N) is 1. The predicted molar refractivity (Wildman–Crippen MR) is 103 cm³/mol. The molecular weight excluding hydrogens is 382 g/mol. The largest absolute Gasteiger partial charge is 0.352 e. The van der Waals surface area contributed by atoms with Gasteiger partial charge in [0.25, 0.3) is 5.91 Å². The van der Waals surface area contributed by atoms with Gasteiger partial charge in [0.2, 0.25) is 5.91 Å². The Morgan fingerprint density at radius 1 is 1.11 bits per heavy atom. The number of benzene rings is 1. The Balaban J connectivity index is 1.38. The number of thiophene rings is 1. The Labute approximate surface area is 166 Å². The Kier molecular flexibility index (Phi) is 5.44. The molecule has 4 nitrogen and oxygen atoms in total. The molecule has 1 saturated heterocycles. The number of nitrogens with one attached hydrogen (secondary N) is 1. The zero-order chi connectivity index (χ0) is 19.7. The second-order valence-electron chi connectivity index (χ2n) is 7.49. The van der Waals surface area contributed by atoms with Crippen LogP contribution in [-0.4, -0.2) is 29.8 Å². The van der Waals surface area contributed by atoms with Crippen LogP contribution in [-0.2, 0) is 24.2 Å². The minimum absolute atomic E-state index is 0.0964. The van der Waals surface area contributed by atoms with Crippen LogP contribution in [0.15, 0.2) is 24.3 Å². The Morgan fingerprint density at radius 2 is 1.82 bits per heavy atom. The SMILES string of the molecule is O=C(NCc1cc(F)cc(F)c1)[C@H]1CCc2sc(C(=O)N3CCCC3)cc2C1. The van der Waals surface area contributed by atoms with Crippen LogP contribution in [0, 0.1) is 17.6 Å². The lowest BCUT2D eigenvalue weighted by molar-refractivity contribution is -0.125. The van der Waals surface area contributed by atoms with Gasteiger partial charge in [0.05, 0.1) is 4.88 Å². The van der Waals surface area contributed by atoms with Crippen molar-refractivity contribution in [1.82, 2.24) is 10.2 Å². The molecule has 2 aromatic rings. The summed E-state index contributed by atoms with van der Waals surface area (Å²) in [6.07, 6.45) is 4.22. The summed E-state index contributed by atoms with van der Waals surface area (Å²) in [6.45, 7) is 1.75. The average Bonchev–Trinajstić information content (AvgIpc) is 3.33. The molecule has 2 aliphatic rings. The van der Waals surface area contributed by atoms with E-state index in [4.69, 9.17) is 0 Å². The summed E-state index contributed by atoms with van der Waals surface area (Å²) in [4.78, 5) is 29.0.